The van der Waals surface area contributed by atoms with Crippen LogP contribution in [0.25, 0.3) is 33.7 Å². The Bertz CT molecular complexity index is 1570. The van der Waals surface area contributed by atoms with Gasteiger partial charge < -0.3 is 9.51 Å². The smallest absolute Gasteiger partial charge is 0.329 e. The second-order valence-corrected chi connectivity index (χ2v) is 8.12. The minimum atomic E-state index is -0.498. The van der Waals surface area contributed by atoms with Crippen molar-refractivity contribution >= 4 is 22.5 Å². The van der Waals surface area contributed by atoms with E-state index in [4.69, 9.17) is 16.1 Å². The Hall–Kier alpha value is -3.97. The van der Waals surface area contributed by atoms with E-state index in [1.807, 2.05) is 24.3 Å². The van der Waals surface area contributed by atoms with Crippen molar-refractivity contribution in [1.29, 1.82) is 0 Å². The number of nitrogens with one attached hydrogen (secondary N) is 1. The summed E-state index contributed by atoms with van der Waals surface area (Å²) in [4.78, 5) is 32.9. The van der Waals surface area contributed by atoms with Crippen LogP contribution in [0.15, 0.2) is 80.8 Å². The highest BCUT2D eigenvalue weighted by Gasteiger charge is 2.14. The Kier molecular flexibility index (Phi) is 5.40. The molecule has 1 N–H and O–H groups in total. The molecule has 0 spiro atoms. The van der Waals surface area contributed by atoms with Gasteiger partial charge in [0.05, 0.1) is 17.4 Å². The Morgan fingerprint density at radius 2 is 1.64 bits per heavy atom. The van der Waals surface area contributed by atoms with E-state index >= 15 is 0 Å². The van der Waals surface area contributed by atoms with Gasteiger partial charge in [0.15, 0.2) is 0 Å². The van der Waals surface area contributed by atoms with Crippen molar-refractivity contribution in [3.63, 3.8) is 0 Å². The van der Waals surface area contributed by atoms with Crippen molar-refractivity contribution in [2.24, 2.45) is 0 Å². The summed E-state index contributed by atoms with van der Waals surface area (Å²) in [7, 11) is 0. The zero-order valence-electron chi connectivity index (χ0n) is 17.7. The molecular weight excluding hydrogens is 440 g/mol. The lowest BCUT2D eigenvalue weighted by molar-refractivity contribution is 0.432. The average Bonchev–Trinajstić information content (AvgIpc) is 3.33. The highest BCUT2D eigenvalue weighted by Crippen LogP contribution is 2.24. The van der Waals surface area contributed by atoms with Crippen LogP contribution >= 0.6 is 11.6 Å². The van der Waals surface area contributed by atoms with Crippen LogP contribution in [0.5, 0.6) is 0 Å². The number of rotatable bonds is 5. The third-order valence-electron chi connectivity index (χ3n) is 5.53. The van der Waals surface area contributed by atoms with Crippen LogP contribution < -0.4 is 11.2 Å². The van der Waals surface area contributed by atoms with Gasteiger partial charge in [-0.3, -0.25) is 9.36 Å². The normalized spacial score (nSPS) is 11.2. The first-order chi connectivity index (χ1) is 16.0. The summed E-state index contributed by atoms with van der Waals surface area (Å²) in [6.45, 7) is 2.24. The van der Waals surface area contributed by atoms with Gasteiger partial charge in [0.25, 0.3) is 11.4 Å². The fourth-order valence-electron chi connectivity index (χ4n) is 3.65. The van der Waals surface area contributed by atoms with Crippen LogP contribution in [-0.4, -0.2) is 19.7 Å². The van der Waals surface area contributed by atoms with Crippen molar-refractivity contribution < 1.29 is 4.52 Å². The molecule has 8 heteroatoms. The number of aromatic amines is 1. The number of nitrogens with zero attached hydrogens (tertiary/aromatic N) is 3. The predicted molar refractivity (Wildman–Crippen MR) is 127 cm³/mol. The van der Waals surface area contributed by atoms with Gasteiger partial charge in [-0.1, -0.05) is 60.1 Å². The monoisotopic (exact) mass is 458 g/mol. The maximum atomic E-state index is 13.0. The van der Waals surface area contributed by atoms with Gasteiger partial charge in [-0.05, 0) is 47.9 Å². The molecule has 2 heterocycles. The summed E-state index contributed by atoms with van der Waals surface area (Å²) < 4.78 is 6.60. The molecule has 0 saturated heterocycles. The minimum absolute atomic E-state index is 0.146. The van der Waals surface area contributed by atoms with Gasteiger partial charge in [0, 0.05) is 16.1 Å². The molecule has 0 unspecified atom stereocenters. The van der Waals surface area contributed by atoms with E-state index in [2.05, 4.69) is 22.0 Å². The average molecular weight is 459 g/mol. The summed E-state index contributed by atoms with van der Waals surface area (Å²) >= 11 is 5.92. The second-order valence-electron chi connectivity index (χ2n) is 7.68. The fraction of sp³-hybridized carbons (Fsp3) is 0.120. The molecular formula is C25H19ClN4O3. The zero-order chi connectivity index (χ0) is 22.9. The van der Waals surface area contributed by atoms with Crippen LogP contribution in [0, 0.1) is 0 Å². The zero-order valence-corrected chi connectivity index (χ0v) is 18.5. The van der Waals surface area contributed by atoms with Gasteiger partial charge in [-0.2, -0.15) is 4.98 Å². The minimum Gasteiger partial charge on any atom is -0.334 e. The van der Waals surface area contributed by atoms with Crippen molar-refractivity contribution in [3.8, 4) is 22.8 Å². The van der Waals surface area contributed by atoms with Crippen LogP contribution in [0.3, 0.4) is 0 Å². The highest BCUT2D eigenvalue weighted by atomic mass is 35.5. The third-order valence-corrected chi connectivity index (χ3v) is 5.78. The number of benzene rings is 3. The number of hydrogen-bond donors (Lipinski definition) is 1. The number of fused-ring (bicyclic) bond motifs is 1. The van der Waals surface area contributed by atoms with Gasteiger partial charge in [0.1, 0.15) is 0 Å². The highest BCUT2D eigenvalue weighted by molar-refractivity contribution is 6.30. The van der Waals surface area contributed by atoms with Gasteiger partial charge in [-0.25, -0.2) is 4.79 Å². The van der Waals surface area contributed by atoms with E-state index in [1.54, 1.807) is 42.5 Å². The number of aryl methyl sites for hydroxylation is 1. The maximum Gasteiger partial charge on any atom is 0.329 e. The first-order valence-corrected chi connectivity index (χ1v) is 10.8. The maximum absolute atomic E-state index is 13.0. The van der Waals surface area contributed by atoms with Crippen LogP contribution in [0.2, 0.25) is 5.02 Å². The lowest BCUT2D eigenvalue weighted by Crippen LogP contribution is -2.35. The van der Waals surface area contributed by atoms with E-state index in [9.17, 15) is 9.59 Å². The van der Waals surface area contributed by atoms with E-state index < -0.39 is 5.69 Å². The van der Waals surface area contributed by atoms with E-state index in [1.165, 1.54) is 5.56 Å². The molecule has 0 aliphatic rings. The Balaban J connectivity index is 1.49. The topological polar surface area (TPSA) is 93.8 Å². The first-order valence-electron chi connectivity index (χ1n) is 10.5. The van der Waals surface area contributed by atoms with Crippen molar-refractivity contribution in [2.45, 2.75) is 19.9 Å². The molecule has 5 aromatic rings. The molecule has 0 saturated carbocycles. The Labute approximate surface area is 193 Å². The summed E-state index contributed by atoms with van der Waals surface area (Å²) in [5, 5.41) is 5.05. The fourth-order valence-corrected chi connectivity index (χ4v) is 3.78. The lowest BCUT2D eigenvalue weighted by Gasteiger charge is -2.07. The summed E-state index contributed by atoms with van der Waals surface area (Å²) in [5.74, 6) is 0.775. The first kappa shape index (κ1) is 20.9. The number of H-pyrrole nitrogens is 1. The predicted octanol–water partition coefficient (Wildman–Crippen LogP) is 4.67. The molecule has 5 rings (SSSR count). The van der Waals surface area contributed by atoms with Crippen LogP contribution in [0.4, 0.5) is 0 Å². The number of hydrogen-bond acceptors (Lipinski definition) is 5. The van der Waals surface area contributed by atoms with Crippen LogP contribution in [0.1, 0.15) is 18.1 Å². The third kappa shape index (κ3) is 4.10. The number of halogens is 1. The van der Waals surface area contributed by atoms with Gasteiger partial charge >= 0.3 is 5.69 Å². The molecule has 2 aromatic heterocycles. The molecule has 164 valence electrons. The van der Waals surface area contributed by atoms with Gasteiger partial charge in [0.2, 0.25) is 5.82 Å². The van der Waals surface area contributed by atoms with E-state index in [-0.39, 0.29) is 12.1 Å². The van der Waals surface area contributed by atoms with E-state index in [0.29, 0.717) is 33.2 Å². The summed E-state index contributed by atoms with van der Waals surface area (Å²) in [6.07, 6.45) is 0.953. The molecule has 0 fully saturated rings. The molecule has 0 bridgehead atoms. The van der Waals surface area contributed by atoms with Crippen molar-refractivity contribution in [3.05, 3.63) is 104 Å². The van der Waals surface area contributed by atoms with Crippen molar-refractivity contribution in [1.82, 2.24) is 19.7 Å². The molecule has 0 aliphatic heterocycles. The Morgan fingerprint density at radius 1 is 0.939 bits per heavy atom. The molecule has 33 heavy (non-hydrogen) atoms. The SMILES string of the molecule is CCc1ccc(-c2noc(-c3ccc4c(=O)n(Cc5ccc(Cl)cc5)c(=O)[nH]c4c3)n2)cc1. The lowest BCUT2D eigenvalue weighted by atomic mass is 10.1. The molecule has 0 atom stereocenters. The standard InChI is InChI=1S/C25H19ClN4O3/c1-2-15-3-7-17(8-4-15)22-28-23(33-29-22)18-9-12-20-21(13-18)27-25(32)30(24(20)31)14-16-5-10-19(26)11-6-16/h3-13H,2,14H2,1H3,(H,27,32). The molecule has 0 aliphatic carbocycles. The second kappa shape index (κ2) is 8.52. The quantitative estimate of drug-likeness (QED) is 0.413. The number of aromatic nitrogens is 4. The molecule has 3 aromatic carbocycles. The van der Waals surface area contributed by atoms with Gasteiger partial charge in [-0.15, -0.1) is 0 Å². The largest absolute Gasteiger partial charge is 0.334 e. The molecule has 7 nitrogen and oxygen atoms in total. The molecule has 0 amide bonds. The summed E-state index contributed by atoms with van der Waals surface area (Å²) in [6, 6.07) is 20.0. The van der Waals surface area contributed by atoms with E-state index in [0.717, 1.165) is 22.1 Å². The summed E-state index contributed by atoms with van der Waals surface area (Å²) in [5.41, 5.74) is 3.01. The Morgan fingerprint density at radius 3 is 2.36 bits per heavy atom. The van der Waals surface area contributed by atoms with Crippen molar-refractivity contribution in [2.75, 3.05) is 0 Å². The molecule has 0 radical (unpaired) electrons. The van der Waals surface area contributed by atoms with Crippen LogP contribution in [-0.2, 0) is 13.0 Å².